The van der Waals surface area contributed by atoms with E-state index in [4.69, 9.17) is 4.98 Å². The average Bonchev–Trinajstić information content (AvgIpc) is 3.02. The minimum atomic E-state index is -1.24. The molecule has 3 aromatic rings. The van der Waals surface area contributed by atoms with Crippen molar-refractivity contribution in [2.75, 3.05) is 0 Å². The number of rotatable bonds is 4. The highest BCUT2D eigenvalue weighted by molar-refractivity contribution is 7.90. The average molecular weight is 402 g/mol. The van der Waals surface area contributed by atoms with Gasteiger partial charge in [-0.3, -0.25) is 9.36 Å². The molecule has 0 bridgehead atoms. The molecule has 0 saturated carbocycles. The lowest BCUT2D eigenvalue weighted by molar-refractivity contribution is 0.531. The van der Waals surface area contributed by atoms with Crippen molar-refractivity contribution in [3.8, 4) is 11.6 Å². The summed E-state index contributed by atoms with van der Waals surface area (Å²) < 4.78 is 18.7. The Kier molecular flexibility index (Phi) is 5.40. The van der Waals surface area contributed by atoms with Crippen LogP contribution >= 0.6 is 0 Å². The molecule has 8 heteroatoms. The van der Waals surface area contributed by atoms with E-state index in [1.165, 1.54) is 4.57 Å². The third kappa shape index (κ3) is 3.72. The molecule has 0 fully saturated rings. The van der Waals surface area contributed by atoms with Crippen molar-refractivity contribution < 1.29 is 4.55 Å². The minimum absolute atomic E-state index is 0.128. The van der Waals surface area contributed by atoms with E-state index < -0.39 is 16.1 Å². The molecule has 2 atom stereocenters. The van der Waals surface area contributed by atoms with Gasteiger partial charge in [-0.05, 0) is 46.2 Å². The molecule has 0 aliphatic carbocycles. The molecule has 1 unspecified atom stereocenters. The third-order valence-corrected chi connectivity index (χ3v) is 6.36. The lowest BCUT2D eigenvalue weighted by atomic mass is 10.0. The molecule has 2 heterocycles. The molecule has 1 aromatic carbocycles. The van der Waals surface area contributed by atoms with Crippen molar-refractivity contribution >= 4 is 22.3 Å². The number of hydrogen-bond acceptors (Lipinski definition) is 5. The summed E-state index contributed by atoms with van der Waals surface area (Å²) in [6.07, 6.45) is 3.50. The predicted molar refractivity (Wildman–Crippen MR) is 113 cm³/mol. The molecule has 150 valence electrons. The molecule has 0 aliphatic rings. The maximum Gasteiger partial charge on any atom is 0.261 e. The van der Waals surface area contributed by atoms with Crippen molar-refractivity contribution in [1.82, 2.24) is 23.8 Å². The van der Waals surface area contributed by atoms with E-state index >= 15 is 0 Å². The van der Waals surface area contributed by atoms with Gasteiger partial charge in [0, 0.05) is 43.4 Å². The van der Waals surface area contributed by atoms with Crippen molar-refractivity contribution in [2.45, 2.75) is 45.4 Å². The standard InChI is InChI=1S/C20H27N5O2S/c1-12-10-14(13(2)23-28(27)20(3,4)5)16-15(11-12)19(26)25(7)18(22-16)17-21-8-9-24(17)6/h8-11,13,23H,1-7H3/t13?,28-/m1/s1. The Balaban J connectivity index is 2.22. The Hall–Kier alpha value is -2.16. The van der Waals surface area contributed by atoms with Gasteiger partial charge in [0.2, 0.25) is 0 Å². The quantitative estimate of drug-likeness (QED) is 0.679. The van der Waals surface area contributed by atoms with Gasteiger partial charge in [-0.25, -0.2) is 9.97 Å². The molecule has 0 aliphatic heterocycles. The normalized spacial score (nSPS) is 14.4. The summed E-state index contributed by atoms with van der Waals surface area (Å²) in [5.41, 5.74) is 2.29. The molecular weight excluding hydrogens is 374 g/mol. The molecule has 2 aromatic heterocycles. The number of benzene rings is 1. The van der Waals surface area contributed by atoms with Crippen LogP contribution in [0.2, 0.25) is 0 Å². The highest BCUT2D eigenvalue weighted by atomic mass is 32.2. The van der Waals surface area contributed by atoms with Gasteiger partial charge in [0.1, 0.15) is 4.75 Å². The topological polar surface area (TPSA) is 87.8 Å². The molecule has 0 amide bonds. The summed E-state index contributed by atoms with van der Waals surface area (Å²) in [7, 11) is 3.57. The van der Waals surface area contributed by atoms with Crippen LogP contribution in [0.3, 0.4) is 0 Å². The molecule has 0 radical (unpaired) electrons. The van der Waals surface area contributed by atoms with Gasteiger partial charge in [0.05, 0.1) is 16.9 Å². The number of fused-ring (bicyclic) bond motifs is 1. The number of nitrogens with zero attached hydrogens (tertiary/aromatic N) is 4. The molecule has 1 N–H and O–H groups in total. The fourth-order valence-corrected chi connectivity index (χ4v) is 3.87. The molecule has 0 spiro atoms. The maximum absolute atomic E-state index is 13.1. The SMILES string of the molecule is Cc1cc(C(C)N[S@+]([O-])C(C)(C)C)c2nc(-c3nccn3C)n(C)c(=O)c2c1. The molecule has 3 rings (SSSR count). The largest absolute Gasteiger partial charge is 0.598 e. The molecular formula is C20H27N5O2S. The van der Waals surface area contributed by atoms with E-state index in [2.05, 4.69) is 9.71 Å². The van der Waals surface area contributed by atoms with Gasteiger partial charge in [-0.1, -0.05) is 6.07 Å². The Labute approximate surface area is 168 Å². The van der Waals surface area contributed by atoms with E-state index in [1.807, 2.05) is 64.6 Å². The van der Waals surface area contributed by atoms with E-state index in [1.54, 1.807) is 13.2 Å². The molecule has 0 saturated heterocycles. The summed E-state index contributed by atoms with van der Waals surface area (Å²) in [4.78, 5) is 22.2. The molecule has 28 heavy (non-hydrogen) atoms. The number of imidazole rings is 1. The zero-order valence-corrected chi connectivity index (χ0v) is 18.2. The van der Waals surface area contributed by atoms with Crippen LogP contribution in [0.25, 0.3) is 22.6 Å². The summed E-state index contributed by atoms with van der Waals surface area (Å²) in [6, 6.07) is 3.61. The van der Waals surface area contributed by atoms with Gasteiger partial charge in [0.25, 0.3) is 5.56 Å². The Morgan fingerprint density at radius 3 is 2.46 bits per heavy atom. The van der Waals surface area contributed by atoms with Gasteiger partial charge >= 0.3 is 0 Å². The summed E-state index contributed by atoms with van der Waals surface area (Å²) in [5, 5.41) is 0.547. The van der Waals surface area contributed by atoms with Crippen LogP contribution in [0.15, 0.2) is 29.3 Å². The fraction of sp³-hybridized carbons (Fsp3) is 0.450. The zero-order chi connectivity index (χ0) is 20.8. The lowest BCUT2D eigenvalue weighted by Gasteiger charge is -2.27. The second kappa shape index (κ2) is 7.35. The van der Waals surface area contributed by atoms with Crippen LogP contribution in [0.4, 0.5) is 0 Å². The lowest BCUT2D eigenvalue weighted by Crippen LogP contribution is -2.40. The van der Waals surface area contributed by atoms with E-state index in [0.29, 0.717) is 22.6 Å². The number of aromatic nitrogens is 4. The van der Waals surface area contributed by atoms with Gasteiger partial charge in [-0.2, -0.15) is 0 Å². The highest BCUT2D eigenvalue weighted by Gasteiger charge is 2.29. The first kappa shape index (κ1) is 20.6. The number of nitrogens with one attached hydrogen (secondary N) is 1. The van der Waals surface area contributed by atoms with E-state index in [-0.39, 0.29) is 11.6 Å². The summed E-state index contributed by atoms with van der Waals surface area (Å²) in [5.74, 6) is 1.12. The van der Waals surface area contributed by atoms with Crippen LogP contribution in [0, 0.1) is 6.92 Å². The van der Waals surface area contributed by atoms with E-state index in [0.717, 1.165) is 11.1 Å². The van der Waals surface area contributed by atoms with Crippen LogP contribution in [-0.4, -0.2) is 28.4 Å². The van der Waals surface area contributed by atoms with Gasteiger partial charge in [0.15, 0.2) is 11.6 Å². The van der Waals surface area contributed by atoms with Crippen molar-refractivity contribution in [1.29, 1.82) is 0 Å². The van der Waals surface area contributed by atoms with Gasteiger partial charge in [-0.15, -0.1) is 4.72 Å². The Morgan fingerprint density at radius 1 is 1.21 bits per heavy atom. The second-order valence-electron chi connectivity index (χ2n) is 8.13. The first-order valence-electron chi connectivity index (χ1n) is 9.17. The van der Waals surface area contributed by atoms with Crippen molar-refractivity contribution in [2.24, 2.45) is 14.1 Å². The summed E-state index contributed by atoms with van der Waals surface area (Å²) in [6.45, 7) is 9.65. The predicted octanol–water partition coefficient (Wildman–Crippen LogP) is 2.76. The Bertz CT molecular complexity index is 1080. The van der Waals surface area contributed by atoms with Crippen LogP contribution in [0.5, 0.6) is 0 Å². The smallest absolute Gasteiger partial charge is 0.261 e. The fourth-order valence-electron chi connectivity index (χ4n) is 3.06. The van der Waals surface area contributed by atoms with Crippen LogP contribution in [0.1, 0.15) is 44.9 Å². The first-order chi connectivity index (χ1) is 13.0. The zero-order valence-electron chi connectivity index (χ0n) is 17.4. The number of aryl methyl sites for hydroxylation is 2. The Morgan fingerprint density at radius 2 is 1.89 bits per heavy atom. The van der Waals surface area contributed by atoms with Crippen LogP contribution in [-0.2, 0) is 25.5 Å². The van der Waals surface area contributed by atoms with E-state index in [9.17, 15) is 9.35 Å². The van der Waals surface area contributed by atoms with Crippen molar-refractivity contribution in [3.63, 3.8) is 0 Å². The highest BCUT2D eigenvalue weighted by Crippen LogP contribution is 2.27. The monoisotopic (exact) mass is 401 g/mol. The number of hydrogen-bond donors (Lipinski definition) is 1. The third-order valence-electron chi connectivity index (χ3n) is 4.68. The van der Waals surface area contributed by atoms with Gasteiger partial charge < -0.3 is 9.12 Å². The minimum Gasteiger partial charge on any atom is -0.598 e. The van der Waals surface area contributed by atoms with Crippen LogP contribution < -0.4 is 10.3 Å². The first-order valence-corrected chi connectivity index (χ1v) is 10.3. The molecule has 7 nitrogen and oxygen atoms in total. The second-order valence-corrected chi connectivity index (χ2v) is 10.1. The van der Waals surface area contributed by atoms with Crippen molar-refractivity contribution in [3.05, 3.63) is 46.0 Å². The summed E-state index contributed by atoms with van der Waals surface area (Å²) >= 11 is -1.24. The maximum atomic E-state index is 13.1.